The molecule has 0 aliphatic heterocycles. The number of hydrogen-bond donors (Lipinski definition) is 0. The lowest BCUT2D eigenvalue weighted by molar-refractivity contribution is -0.385. The maximum atomic E-state index is 11.7. The lowest BCUT2D eigenvalue weighted by Crippen LogP contribution is -2.19. The Kier molecular flexibility index (Phi) is 4.19. The van der Waals surface area contributed by atoms with Crippen LogP contribution in [0.1, 0.15) is 10.6 Å². The Bertz CT molecular complexity index is 690. The minimum absolute atomic E-state index is 0.0360. The molecule has 1 heterocycles. The Hall–Kier alpha value is -2.15. The number of benzene rings is 1. The van der Waals surface area contributed by atoms with Crippen molar-refractivity contribution in [2.75, 3.05) is 6.61 Å². The Morgan fingerprint density at radius 3 is 2.65 bits per heavy atom. The molecule has 20 heavy (non-hydrogen) atoms. The first-order valence-electron chi connectivity index (χ1n) is 6.03. The molecule has 0 spiro atoms. The van der Waals surface area contributed by atoms with Gasteiger partial charge in [0.1, 0.15) is 6.61 Å². The minimum atomic E-state index is -0.485. The fourth-order valence-electron chi connectivity index (χ4n) is 1.82. The van der Waals surface area contributed by atoms with Gasteiger partial charge in [0.2, 0.25) is 0 Å². The number of hydrogen-bond acceptors (Lipinski definition) is 5. The highest BCUT2D eigenvalue weighted by Gasteiger charge is 2.14. The number of rotatable bonds is 5. The molecule has 0 aliphatic carbocycles. The molecule has 6 nitrogen and oxygen atoms in total. The molecular formula is C13H14N2O4S. The van der Waals surface area contributed by atoms with Crippen LogP contribution in [0, 0.1) is 24.0 Å². The molecule has 106 valence electrons. The van der Waals surface area contributed by atoms with Gasteiger partial charge in [-0.3, -0.25) is 19.5 Å². The normalized spacial score (nSPS) is 10.5. The van der Waals surface area contributed by atoms with Gasteiger partial charge in [0, 0.05) is 16.6 Å². The molecule has 0 radical (unpaired) electrons. The van der Waals surface area contributed by atoms with E-state index < -0.39 is 4.92 Å². The third-order valence-corrected chi connectivity index (χ3v) is 4.01. The number of nitrogens with zero attached hydrogens (tertiary/aromatic N) is 2. The Morgan fingerprint density at radius 1 is 1.35 bits per heavy atom. The fraction of sp³-hybridized carbons (Fsp3) is 0.308. The summed E-state index contributed by atoms with van der Waals surface area (Å²) >= 11 is 1.19. The van der Waals surface area contributed by atoms with Crippen molar-refractivity contribution in [3.63, 3.8) is 0 Å². The molecule has 0 amide bonds. The van der Waals surface area contributed by atoms with Crippen LogP contribution < -0.4 is 9.61 Å². The van der Waals surface area contributed by atoms with Crippen LogP contribution in [0.2, 0.25) is 0 Å². The first kappa shape index (κ1) is 14.3. The van der Waals surface area contributed by atoms with Gasteiger partial charge < -0.3 is 4.74 Å². The fourth-order valence-corrected chi connectivity index (χ4v) is 2.68. The van der Waals surface area contributed by atoms with Crippen molar-refractivity contribution < 1.29 is 9.66 Å². The maximum absolute atomic E-state index is 11.7. The number of nitro groups is 1. The molecular weight excluding hydrogens is 280 g/mol. The summed E-state index contributed by atoms with van der Waals surface area (Å²) in [5, 5.41) is 10.8. The third-order valence-electron chi connectivity index (χ3n) is 3.01. The summed E-state index contributed by atoms with van der Waals surface area (Å²) in [6.45, 7) is 4.35. The topological polar surface area (TPSA) is 74.4 Å². The highest BCUT2D eigenvalue weighted by Crippen LogP contribution is 2.25. The van der Waals surface area contributed by atoms with E-state index in [9.17, 15) is 14.9 Å². The molecule has 0 N–H and O–H groups in total. The second kappa shape index (κ2) is 5.87. The SMILES string of the molecule is Cc1sc(=O)n(CCOc2ccccc2[N+](=O)[O-])c1C. The molecule has 0 bridgehead atoms. The molecule has 0 fully saturated rings. The lowest BCUT2D eigenvalue weighted by Gasteiger charge is -2.08. The standard InChI is InChI=1S/C13H14N2O4S/c1-9-10(2)20-13(16)14(9)7-8-19-12-6-4-3-5-11(12)15(17)18/h3-6H,7-8H2,1-2H3. The number of para-hydroxylation sites is 2. The molecule has 0 saturated heterocycles. The van der Waals surface area contributed by atoms with E-state index in [0.29, 0.717) is 6.54 Å². The van der Waals surface area contributed by atoms with Crippen molar-refractivity contribution in [3.05, 3.63) is 54.6 Å². The molecule has 0 aliphatic rings. The lowest BCUT2D eigenvalue weighted by atomic mass is 10.3. The van der Waals surface area contributed by atoms with Gasteiger partial charge in [0.15, 0.2) is 5.75 Å². The van der Waals surface area contributed by atoms with Crippen LogP contribution in [0.5, 0.6) is 5.75 Å². The summed E-state index contributed by atoms with van der Waals surface area (Å²) in [6, 6.07) is 6.20. The molecule has 7 heteroatoms. The third kappa shape index (κ3) is 2.88. The maximum Gasteiger partial charge on any atom is 0.310 e. The second-order valence-corrected chi connectivity index (χ2v) is 5.40. The number of aryl methyl sites for hydroxylation is 1. The van der Waals surface area contributed by atoms with Crippen molar-refractivity contribution in [1.29, 1.82) is 0 Å². The van der Waals surface area contributed by atoms with Crippen molar-refractivity contribution in [3.8, 4) is 5.75 Å². The first-order chi connectivity index (χ1) is 9.50. The Morgan fingerprint density at radius 2 is 2.05 bits per heavy atom. The van der Waals surface area contributed by atoms with Gasteiger partial charge in [0.05, 0.1) is 11.5 Å². The minimum Gasteiger partial charge on any atom is -0.485 e. The van der Waals surface area contributed by atoms with E-state index in [1.807, 2.05) is 13.8 Å². The molecule has 2 rings (SSSR count). The zero-order valence-electron chi connectivity index (χ0n) is 11.2. The molecule has 1 aromatic heterocycles. The largest absolute Gasteiger partial charge is 0.485 e. The molecule has 0 unspecified atom stereocenters. The van der Waals surface area contributed by atoms with Gasteiger partial charge in [-0.05, 0) is 19.9 Å². The van der Waals surface area contributed by atoms with E-state index in [1.165, 1.54) is 17.4 Å². The van der Waals surface area contributed by atoms with Crippen molar-refractivity contribution in [2.45, 2.75) is 20.4 Å². The van der Waals surface area contributed by atoms with Gasteiger partial charge in [0.25, 0.3) is 0 Å². The predicted octanol–water partition coefficient (Wildman–Crippen LogP) is 2.51. The van der Waals surface area contributed by atoms with Crippen molar-refractivity contribution >= 4 is 17.0 Å². The van der Waals surface area contributed by atoms with Crippen LogP contribution in [-0.4, -0.2) is 16.1 Å². The van der Waals surface area contributed by atoms with Crippen LogP contribution in [-0.2, 0) is 6.54 Å². The van der Waals surface area contributed by atoms with Crippen LogP contribution in [0.4, 0.5) is 5.69 Å². The smallest absolute Gasteiger partial charge is 0.310 e. The highest BCUT2D eigenvalue weighted by molar-refractivity contribution is 7.09. The average molecular weight is 294 g/mol. The Labute approximate surface area is 119 Å². The van der Waals surface area contributed by atoms with Gasteiger partial charge in [-0.2, -0.15) is 0 Å². The second-order valence-electron chi connectivity index (χ2n) is 4.23. The van der Waals surface area contributed by atoms with E-state index in [4.69, 9.17) is 4.74 Å². The van der Waals surface area contributed by atoms with Crippen LogP contribution in [0.15, 0.2) is 29.1 Å². The van der Waals surface area contributed by atoms with Crippen LogP contribution >= 0.6 is 11.3 Å². The molecule has 0 atom stereocenters. The summed E-state index contributed by atoms with van der Waals surface area (Å²) < 4.78 is 7.04. The molecule has 2 aromatic rings. The van der Waals surface area contributed by atoms with E-state index in [-0.39, 0.29) is 22.9 Å². The number of aromatic nitrogens is 1. The van der Waals surface area contributed by atoms with Gasteiger partial charge in [-0.15, -0.1) is 0 Å². The van der Waals surface area contributed by atoms with Gasteiger partial charge in [-0.25, -0.2) is 0 Å². The average Bonchev–Trinajstić information content (AvgIpc) is 2.65. The zero-order chi connectivity index (χ0) is 14.7. The zero-order valence-corrected chi connectivity index (χ0v) is 12.0. The first-order valence-corrected chi connectivity index (χ1v) is 6.85. The predicted molar refractivity (Wildman–Crippen MR) is 76.6 cm³/mol. The van der Waals surface area contributed by atoms with Crippen LogP contribution in [0.3, 0.4) is 0 Å². The number of nitro benzene ring substituents is 1. The summed E-state index contributed by atoms with van der Waals surface area (Å²) in [4.78, 5) is 23.0. The monoisotopic (exact) mass is 294 g/mol. The Balaban J connectivity index is 2.07. The highest BCUT2D eigenvalue weighted by atomic mass is 32.1. The van der Waals surface area contributed by atoms with Gasteiger partial charge in [-0.1, -0.05) is 23.5 Å². The molecule has 1 aromatic carbocycles. The summed E-state index contributed by atoms with van der Waals surface area (Å²) in [7, 11) is 0. The van der Waals surface area contributed by atoms with E-state index >= 15 is 0 Å². The van der Waals surface area contributed by atoms with Crippen molar-refractivity contribution in [2.24, 2.45) is 0 Å². The van der Waals surface area contributed by atoms with Crippen LogP contribution in [0.25, 0.3) is 0 Å². The van der Waals surface area contributed by atoms with E-state index in [0.717, 1.165) is 10.6 Å². The number of ether oxygens (including phenoxy) is 1. The van der Waals surface area contributed by atoms with E-state index in [1.54, 1.807) is 22.8 Å². The summed E-state index contributed by atoms with van der Waals surface area (Å²) in [5.74, 6) is 0.218. The van der Waals surface area contributed by atoms with Crippen molar-refractivity contribution in [1.82, 2.24) is 4.57 Å². The summed E-state index contributed by atoms with van der Waals surface area (Å²) in [5.41, 5.74) is 0.837. The van der Waals surface area contributed by atoms with Gasteiger partial charge >= 0.3 is 10.6 Å². The number of thiazole rings is 1. The summed E-state index contributed by atoms with van der Waals surface area (Å²) in [6.07, 6.45) is 0. The quantitative estimate of drug-likeness (QED) is 0.627. The van der Waals surface area contributed by atoms with E-state index in [2.05, 4.69) is 0 Å². The molecule has 0 saturated carbocycles.